The van der Waals surface area contributed by atoms with E-state index >= 15 is 0 Å². The number of anilines is 1. The maximum absolute atomic E-state index is 12.5. The van der Waals surface area contributed by atoms with Crippen molar-refractivity contribution in [2.75, 3.05) is 11.9 Å². The summed E-state index contributed by atoms with van der Waals surface area (Å²) in [6, 6.07) is 15.0. The monoisotopic (exact) mass is 418 g/mol. The largest absolute Gasteiger partial charge is 0.348 e. The van der Waals surface area contributed by atoms with Crippen LogP contribution in [0, 0.1) is 6.92 Å². The standard InChI is InChI=1S/C20H23BrN2O3/c1-13-11-15(9-10-16(13)21)22-19(24)23-17-12-25-20(2,3)26-18(17)14-7-5-4-6-8-14/h4-11,17-18H,12H2,1-3H3,(H2,22,23,24)/t17-,18-/m0/s1. The molecular weight excluding hydrogens is 396 g/mol. The van der Waals surface area contributed by atoms with Crippen molar-refractivity contribution in [2.45, 2.75) is 38.7 Å². The van der Waals surface area contributed by atoms with Crippen LogP contribution in [-0.4, -0.2) is 24.5 Å². The average molecular weight is 419 g/mol. The second-order valence-corrected chi connectivity index (χ2v) is 7.68. The summed E-state index contributed by atoms with van der Waals surface area (Å²) in [7, 11) is 0. The third-order valence-electron chi connectivity index (χ3n) is 4.25. The summed E-state index contributed by atoms with van der Waals surface area (Å²) in [6.45, 7) is 6.11. The molecule has 0 aliphatic carbocycles. The summed E-state index contributed by atoms with van der Waals surface area (Å²) in [5.74, 6) is -0.696. The number of nitrogens with one attached hydrogen (secondary N) is 2. The zero-order valence-electron chi connectivity index (χ0n) is 15.1. The Labute approximate surface area is 162 Å². The first-order valence-electron chi connectivity index (χ1n) is 8.54. The lowest BCUT2D eigenvalue weighted by Crippen LogP contribution is -2.52. The molecule has 1 fully saturated rings. The number of benzene rings is 2. The third kappa shape index (κ3) is 4.63. The van der Waals surface area contributed by atoms with Gasteiger partial charge in [0.05, 0.1) is 12.6 Å². The predicted molar refractivity (Wildman–Crippen MR) is 105 cm³/mol. The third-order valence-corrected chi connectivity index (χ3v) is 5.14. The van der Waals surface area contributed by atoms with Crippen LogP contribution in [0.15, 0.2) is 53.0 Å². The minimum atomic E-state index is -0.696. The van der Waals surface area contributed by atoms with Crippen LogP contribution in [0.25, 0.3) is 0 Å². The van der Waals surface area contributed by atoms with E-state index in [1.54, 1.807) is 0 Å². The lowest BCUT2D eigenvalue weighted by molar-refractivity contribution is -0.284. The number of aryl methyl sites for hydroxylation is 1. The zero-order chi connectivity index (χ0) is 18.7. The Bertz CT molecular complexity index is 780. The molecule has 5 nitrogen and oxygen atoms in total. The van der Waals surface area contributed by atoms with Crippen LogP contribution >= 0.6 is 15.9 Å². The van der Waals surface area contributed by atoms with Crippen molar-refractivity contribution in [2.24, 2.45) is 0 Å². The van der Waals surface area contributed by atoms with E-state index in [0.717, 1.165) is 21.3 Å². The second kappa shape index (κ2) is 7.78. The molecule has 3 rings (SSSR count). The Hall–Kier alpha value is -1.89. The van der Waals surface area contributed by atoms with Gasteiger partial charge in [0.25, 0.3) is 0 Å². The molecule has 2 atom stereocenters. The first-order chi connectivity index (χ1) is 12.3. The van der Waals surface area contributed by atoms with Crippen LogP contribution in [0.1, 0.15) is 31.1 Å². The zero-order valence-corrected chi connectivity index (χ0v) is 16.7. The molecule has 1 aliphatic rings. The van der Waals surface area contributed by atoms with E-state index in [0.29, 0.717) is 6.61 Å². The van der Waals surface area contributed by atoms with Gasteiger partial charge in [-0.3, -0.25) is 0 Å². The molecule has 138 valence electrons. The summed E-state index contributed by atoms with van der Waals surface area (Å²) in [5.41, 5.74) is 2.79. The molecule has 1 aliphatic heterocycles. The fourth-order valence-electron chi connectivity index (χ4n) is 2.92. The highest BCUT2D eigenvalue weighted by Gasteiger charge is 2.38. The molecule has 0 aromatic heterocycles. The lowest BCUT2D eigenvalue weighted by Gasteiger charge is -2.41. The molecular formula is C20H23BrN2O3. The lowest BCUT2D eigenvalue weighted by atomic mass is 10.0. The topological polar surface area (TPSA) is 59.6 Å². The second-order valence-electron chi connectivity index (χ2n) is 6.83. The molecule has 2 aromatic rings. The fourth-order valence-corrected chi connectivity index (χ4v) is 3.16. The first kappa shape index (κ1) is 18.9. The molecule has 26 heavy (non-hydrogen) atoms. The van der Waals surface area contributed by atoms with E-state index in [1.165, 1.54) is 0 Å². The summed E-state index contributed by atoms with van der Waals surface area (Å²) in [6.07, 6.45) is -0.280. The highest BCUT2D eigenvalue weighted by atomic mass is 79.9. The molecule has 6 heteroatoms. The van der Waals surface area contributed by atoms with E-state index in [2.05, 4.69) is 26.6 Å². The summed E-state index contributed by atoms with van der Waals surface area (Å²) < 4.78 is 12.8. The van der Waals surface area contributed by atoms with Crippen molar-refractivity contribution in [3.05, 3.63) is 64.1 Å². The Morgan fingerprint density at radius 2 is 1.92 bits per heavy atom. The number of ether oxygens (including phenoxy) is 2. The van der Waals surface area contributed by atoms with Gasteiger partial charge in [0.15, 0.2) is 5.79 Å². The summed E-state index contributed by atoms with van der Waals surface area (Å²) in [4.78, 5) is 12.5. The number of carbonyl (C=O) groups excluding carboxylic acids is 1. The highest BCUT2D eigenvalue weighted by Crippen LogP contribution is 2.33. The number of hydrogen-bond acceptors (Lipinski definition) is 3. The van der Waals surface area contributed by atoms with Gasteiger partial charge in [0.1, 0.15) is 6.10 Å². The summed E-state index contributed by atoms with van der Waals surface area (Å²) in [5, 5.41) is 5.84. The Morgan fingerprint density at radius 3 is 2.62 bits per heavy atom. The average Bonchev–Trinajstić information content (AvgIpc) is 2.60. The van der Waals surface area contributed by atoms with Gasteiger partial charge in [0, 0.05) is 10.2 Å². The van der Waals surface area contributed by atoms with E-state index in [4.69, 9.17) is 9.47 Å². The first-order valence-corrected chi connectivity index (χ1v) is 9.34. The molecule has 0 spiro atoms. The van der Waals surface area contributed by atoms with Crippen LogP contribution in [0.5, 0.6) is 0 Å². The molecule has 2 N–H and O–H groups in total. The van der Waals surface area contributed by atoms with Crippen LogP contribution in [0.2, 0.25) is 0 Å². The van der Waals surface area contributed by atoms with Crippen molar-refractivity contribution >= 4 is 27.6 Å². The van der Waals surface area contributed by atoms with Crippen LogP contribution in [-0.2, 0) is 9.47 Å². The van der Waals surface area contributed by atoms with Crippen LogP contribution in [0.4, 0.5) is 10.5 Å². The van der Waals surface area contributed by atoms with Gasteiger partial charge >= 0.3 is 6.03 Å². The SMILES string of the molecule is Cc1cc(NC(=O)N[C@H]2COC(C)(C)O[C@H]2c2ccccc2)ccc1Br. The van der Waals surface area contributed by atoms with Crippen molar-refractivity contribution in [3.63, 3.8) is 0 Å². The quantitative estimate of drug-likeness (QED) is 0.754. The van der Waals surface area contributed by atoms with Gasteiger partial charge in [-0.15, -0.1) is 0 Å². The molecule has 2 aromatic carbocycles. The van der Waals surface area contributed by atoms with E-state index < -0.39 is 5.79 Å². The summed E-state index contributed by atoms with van der Waals surface area (Å²) >= 11 is 3.46. The highest BCUT2D eigenvalue weighted by molar-refractivity contribution is 9.10. The van der Waals surface area contributed by atoms with Crippen molar-refractivity contribution < 1.29 is 14.3 Å². The fraction of sp³-hybridized carbons (Fsp3) is 0.350. The number of halogens is 1. The maximum atomic E-state index is 12.5. The van der Waals surface area contributed by atoms with Gasteiger partial charge in [0.2, 0.25) is 0 Å². The maximum Gasteiger partial charge on any atom is 0.319 e. The van der Waals surface area contributed by atoms with Gasteiger partial charge in [-0.2, -0.15) is 0 Å². The minimum absolute atomic E-state index is 0.280. The van der Waals surface area contributed by atoms with Crippen molar-refractivity contribution in [3.8, 4) is 0 Å². The Balaban J connectivity index is 1.71. The smallest absolute Gasteiger partial charge is 0.319 e. The number of carbonyl (C=O) groups is 1. The number of hydrogen-bond donors (Lipinski definition) is 2. The molecule has 0 unspecified atom stereocenters. The van der Waals surface area contributed by atoms with E-state index in [1.807, 2.05) is 69.3 Å². The minimum Gasteiger partial charge on any atom is -0.348 e. The van der Waals surface area contributed by atoms with E-state index in [9.17, 15) is 4.79 Å². The molecule has 0 saturated carbocycles. The number of amides is 2. The van der Waals surface area contributed by atoms with Gasteiger partial charge in [-0.25, -0.2) is 4.79 Å². The molecule has 0 bridgehead atoms. The number of rotatable bonds is 3. The molecule has 1 heterocycles. The predicted octanol–water partition coefficient (Wildman–Crippen LogP) is 4.77. The van der Waals surface area contributed by atoms with Crippen LogP contribution < -0.4 is 10.6 Å². The molecule has 1 saturated heterocycles. The van der Waals surface area contributed by atoms with Gasteiger partial charge in [-0.1, -0.05) is 46.3 Å². The van der Waals surface area contributed by atoms with Gasteiger partial charge < -0.3 is 20.1 Å². The molecule has 0 radical (unpaired) electrons. The Kier molecular flexibility index (Phi) is 5.65. The number of urea groups is 1. The van der Waals surface area contributed by atoms with Gasteiger partial charge in [-0.05, 0) is 50.1 Å². The van der Waals surface area contributed by atoms with E-state index in [-0.39, 0.29) is 18.2 Å². The van der Waals surface area contributed by atoms with Crippen molar-refractivity contribution in [1.82, 2.24) is 5.32 Å². The normalized spacial score (nSPS) is 21.8. The molecule has 2 amide bonds. The van der Waals surface area contributed by atoms with Crippen LogP contribution in [0.3, 0.4) is 0 Å². The van der Waals surface area contributed by atoms with Crippen molar-refractivity contribution in [1.29, 1.82) is 0 Å². The Morgan fingerprint density at radius 1 is 1.19 bits per heavy atom.